The van der Waals surface area contributed by atoms with Gasteiger partial charge in [0.25, 0.3) is 0 Å². The number of ether oxygens (including phenoxy) is 1. The molecule has 1 aromatic rings. The number of hydrogen-bond donors (Lipinski definition) is 2. The molecule has 1 aliphatic carbocycles. The highest BCUT2D eigenvalue weighted by Gasteiger charge is 2.33. The van der Waals surface area contributed by atoms with Crippen LogP contribution in [0.25, 0.3) is 0 Å². The summed E-state index contributed by atoms with van der Waals surface area (Å²) < 4.78 is 42.9. The van der Waals surface area contributed by atoms with Crippen molar-refractivity contribution in [3.8, 4) is 0 Å². The first-order valence-corrected chi connectivity index (χ1v) is 9.42. The summed E-state index contributed by atoms with van der Waals surface area (Å²) in [7, 11) is 1.56. The van der Waals surface area contributed by atoms with Gasteiger partial charge in [-0.1, -0.05) is 0 Å². The molecule has 0 radical (unpaired) electrons. The number of carbonyl (C=O) groups excluding carboxylic acids is 1. The van der Waals surface area contributed by atoms with Crippen LogP contribution in [0.1, 0.15) is 49.2 Å². The number of carbonyl (C=O) groups is 1. The van der Waals surface area contributed by atoms with Gasteiger partial charge in [-0.3, -0.25) is 9.79 Å². The number of hydrogen-bond acceptors (Lipinski definition) is 5. The van der Waals surface area contributed by atoms with Gasteiger partial charge in [0, 0.05) is 25.4 Å². The quantitative estimate of drug-likeness (QED) is 0.323. The topological polar surface area (TPSA) is 75.6 Å². The van der Waals surface area contributed by atoms with Crippen LogP contribution in [0.15, 0.2) is 10.4 Å². The van der Waals surface area contributed by atoms with Crippen LogP contribution in [0.4, 0.5) is 13.2 Å². The maximum atomic E-state index is 12.5. The number of nitrogens with one attached hydrogen (secondary N) is 2. The van der Waals surface area contributed by atoms with Crippen molar-refractivity contribution < 1.29 is 22.7 Å². The second kappa shape index (κ2) is 9.75. The highest BCUT2D eigenvalue weighted by Crippen LogP contribution is 2.29. The van der Waals surface area contributed by atoms with Gasteiger partial charge in [-0.2, -0.15) is 13.2 Å². The first-order chi connectivity index (χ1) is 12.4. The number of guanidine groups is 1. The molecular weight excluding hydrogens is 369 g/mol. The third-order valence-corrected chi connectivity index (χ3v) is 4.77. The Morgan fingerprint density at radius 1 is 1.38 bits per heavy atom. The molecule has 0 bridgehead atoms. The summed E-state index contributed by atoms with van der Waals surface area (Å²) in [6.45, 7) is 0.648. The molecule has 0 atom stereocenters. The molecule has 0 unspecified atom stereocenters. The zero-order valence-corrected chi connectivity index (χ0v) is 15.4. The van der Waals surface area contributed by atoms with Crippen LogP contribution < -0.4 is 10.6 Å². The lowest BCUT2D eigenvalue weighted by Crippen LogP contribution is -2.37. The average Bonchev–Trinajstić information content (AvgIpc) is 3.25. The maximum absolute atomic E-state index is 12.5. The van der Waals surface area contributed by atoms with E-state index in [0.717, 1.165) is 42.4 Å². The molecule has 6 nitrogen and oxygen atoms in total. The number of thiazole rings is 1. The van der Waals surface area contributed by atoms with Gasteiger partial charge in [0.15, 0.2) is 11.7 Å². The first-order valence-electron chi connectivity index (χ1n) is 8.54. The predicted octanol–water partition coefficient (Wildman–Crippen LogP) is 3.09. The van der Waals surface area contributed by atoms with Crippen LogP contribution in [-0.4, -0.2) is 36.6 Å². The second-order valence-electron chi connectivity index (χ2n) is 5.98. The van der Waals surface area contributed by atoms with Gasteiger partial charge in [-0.05, 0) is 32.1 Å². The summed E-state index contributed by atoms with van der Waals surface area (Å²) in [5.74, 6) is 0.252. The Labute approximate surface area is 154 Å². The Balaban J connectivity index is 1.63. The maximum Gasteiger partial charge on any atom is 0.434 e. The lowest BCUT2D eigenvalue weighted by atomic mass is 10.3. The molecule has 1 heterocycles. The van der Waals surface area contributed by atoms with E-state index in [1.165, 1.54) is 0 Å². The van der Waals surface area contributed by atoms with Gasteiger partial charge in [0.2, 0.25) is 0 Å². The van der Waals surface area contributed by atoms with Gasteiger partial charge in [0.1, 0.15) is 11.1 Å². The highest BCUT2D eigenvalue weighted by molar-refractivity contribution is 7.09. The van der Waals surface area contributed by atoms with E-state index in [9.17, 15) is 18.0 Å². The minimum absolute atomic E-state index is 0.0739. The van der Waals surface area contributed by atoms with E-state index in [4.69, 9.17) is 4.74 Å². The van der Waals surface area contributed by atoms with Crippen molar-refractivity contribution in [1.29, 1.82) is 0 Å². The van der Waals surface area contributed by atoms with Gasteiger partial charge in [0.05, 0.1) is 6.54 Å². The zero-order chi connectivity index (χ0) is 19.0. The summed E-state index contributed by atoms with van der Waals surface area (Å²) in [5.41, 5.74) is -0.886. The lowest BCUT2D eigenvalue weighted by molar-refractivity contribution is -0.148. The largest absolute Gasteiger partial charge is 0.462 e. The molecule has 146 valence electrons. The van der Waals surface area contributed by atoms with Crippen molar-refractivity contribution in [3.05, 3.63) is 16.1 Å². The molecule has 1 aliphatic rings. The van der Waals surface area contributed by atoms with Crippen LogP contribution in [-0.2, 0) is 22.3 Å². The molecule has 1 fully saturated rings. The third-order valence-electron chi connectivity index (χ3n) is 3.92. The van der Waals surface area contributed by atoms with E-state index in [-0.39, 0.29) is 18.6 Å². The van der Waals surface area contributed by atoms with Gasteiger partial charge < -0.3 is 15.4 Å². The second-order valence-corrected chi connectivity index (χ2v) is 6.92. The highest BCUT2D eigenvalue weighted by atomic mass is 32.1. The van der Waals surface area contributed by atoms with E-state index in [1.807, 2.05) is 0 Å². The smallest absolute Gasteiger partial charge is 0.434 e. The van der Waals surface area contributed by atoms with Crippen LogP contribution in [0.2, 0.25) is 0 Å². The number of alkyl halides is 3. The Kier molecular flexibility index (Phi) is 7.67. The number of aromatic nitrogens is 1. The van der Waals surface area contributed by atoms with Crippen LogP contribution in [0.3, 0.4) is 0 Å². The summed E-state index contributed by atoms with van der Waals surface area (Å²) in [5, 5.41) is 7.22. The first kappa shape index (κ1) is 20.5. The average molecular weight is 392 g/mol. The van der Waals surface area contributed by atoms with E-state index in [2.05, 4.69) is 20.6 Å². The van der Waals surface area contributed by atoms with Crippen molar-refractivity contribution >= 4 is 23.3 Å². The monoisotopic (exact) mass is 392 g/mol. The van der Waals surface area contributed by atoms with Gasteiger partial charge >= 0.3 is 12.1 Å². The number of halogens is 3. The van der Waals surface area contributed by atoms with Crippen molar-refractivity contribution in [3.63, 3.8) is 0 Å². The molecule has 0 aliphatic heterocycles. The fourth-order valence-corrected chi connectivity index (χ4v) is 3.33. The third kappa shape index (κ3) is 6.81. The molecule has 0 spiro atoms. The summed E-state index contributed by atoms with van der Waals surface area (Å²) >= 11 is 0.939. The minimum Gasteiger partial charge on any atom is -0.462 e. The van der Waals surface area contributed by atoms with E-state index >= 15 is 0 Å². The van der Waals surface area contributed by atoms with Gasteiger partial charge in [-0.15, -0.1) is 11.3 Å². The Morgan fingerprint density at radius 3 is 2.73 bits per heavy atom. The van der Waals surface area contributed by atoms with Crippen LogP contribution >= 0.6 is 11.3 Å². The number of nitrogens with zero attached hydrogens (tertiary/aromatic N) is 2. The standard InChI is InChI=1S/C16H23F3N4O2S/c1-20-15(22-9-13-23-12(10-26-13)16(17,18)19)21-8-4-7-14(24)25-11-5-2-3-6-11/h10-11H,2-9H2,1H3,(H2,20,21,22). The Hall–Kier alpha value is -1.84. The SMILES string of the molecule is CN=C(NCCCC(=O)OC1CCCC1)NCc1nc(C(F)(F)F)cs1. The molecule has 26 heavy (non-hydrogen) atoms. The van der Waals surface area contributed by atoms with Crippen molar-refractivity contribution in [2.45, 2.75) is 57.3 Å². The Bertz CT molecular complexity index is 613. The van der Waals surface area contributed by atoms with E-state index in [0.29, 0.717) is 30.4 Å². The molecule has 10 heteroatoms. The van der Waals surface area contributed by atoms with Crippen molar-refractivity contribution in [1.82, 2.24) is 15.6 Å². The van der Waals surface area contributed by atoms with Crippen molar-refractivity contribution in [2.24, 2.45) is 4.99 Å². The molecule has 1 aromatic heterocycles. The molecule has 0 amide bonds. The van der Waals surface area contributed by atoms with Crippen LogP contribution in [0, 0.1) is 0 Å². The fraction of sp³-hybridized carbons (Fsp3) is 0.688. The van der Waals surface area contributed by atoms with Crippen LogP contribution in [0.5, 0.6) is 0 Å². The predicted molar refractivity (Wildman–Crippen MR) is 92.9 cm³/mol. The summed E-state index contributed by atoms with van der Waals surface area (Å²) in [4.78, 5) is 19.2. The molecular formula is C16H23F3N4O2S. The van der Waals surface area contributed by atoms with Crippen molar-refractivity contribution in [2.75, 3.05) is 13.6 Å². The molecule has 0 aromatic carbocycles. The van der Waals surface area contributed by atoms with E-state index in [1.54, 1.807) is 7.05 Å². The van der Waals surface area contributed by atoms with Gasteiger partial charge in [-0.25, -0.2) is 4.98 Å². The zero-order valence-electron chi connectivity index (χ0n) is 14.6. The summed E-state index contributed by atoms with van der Waals surface area (Å²) in [6, 6.07) is 0. The molecule has 0 saturated heterocycles. The van der Waals surface area contributed by atoms with E-state index < -0.39 is 11.9 Å². The Morgan fingerprint density at radius 2 is 2.12 bits per heavy atom. The number of rotatable bonds is 7. The lowest BCUT2D eigenvalue weighted by Gasteiger charge is -2.12. The number of esters is 1. The summed E-state index contributed by atoms with van der Waals surface area (Å²) in [6.07, 6.45) is 0.687. The normalized spacial score (nSPS) is 15.9. The molecule has 2 rings (SSSR count). The molecule has 1 saturated carbocycles. The number of aliphatic imine (C=N–C) groups is 1. The fourth-order valence-electron chi connectivity index (χ4n) is 2.59. The molecule has 2 N–H and O–H groups in total. The minimum atomic E-state index is -4.43.